The number of nitrogens with zero attached hydrogens (tertiary/aromatic N) is 6. The Labute approximate surface area is 147 Å². The summed E-state index contributed by atoms with van der Waals surface area (Å²) in [6.45, 7) is 2.24. The molecule has 1 aromatic carbocycles. The fourth-order valence-corrected chi connectivity index (χ4v) is 2.68. The van der Waals surface area contributed by atoms with E-state index >= 15 is 0 Å². The van der Waals surface area contributed by atoms with Gasteiger partial charge in [0, 0.05) is 11.2 Å². The number of aryl methyl sites for hydroxylation is 1. The van der Waals surface area contributed by atoms with Gasteiger partial charge in [-0.25, -0.2) is 4.98 Å². The molecule has 0 aliphatic heterocycles. The van der Waals surface area contributed by atoms with Gasteiger partial charge >= 0.3 is 0 Å². The van der Waals surface area contributed by atoms with E-state index in [0.717, 1.165) is 11.3 Å². The summed E-state index contributed by atoms with van der Waals surface area (Å²) >= 11 is 6.17. The van der Waals surface area contributed by atoms with Crippen LogP contribution in [0.1, 0.15) is 11.3 Å². The maximum atomic E-state index is 12.7. The summed E-state index contributed by atoms with van der Waals surface area (Å²) in [7, 11) is 0. The zero-order valence-electron chi connectivity index (χ0n) is 13.3. The van der Waals surface area contributed by atoms with Gasteiger partial charge in [-0.15, -0.1) is 5.10 Å². The van der Waals surface area contributed by atoms with Crippen molar-refractivity contribution in [3.63, 3.8) is 0 Å². The molecular formula is C17H13ClN6O. The van der Waals surface area contributed by atoms with E-state index in [0.29, 0.717) is 22.9 Å². The van der Waals surface area contributed by atoms with Crippen LogP contribution in [0, 0.1) is 6.92 Å². The van der Waals surface area contributed by atoms with Gasteiger partial charge < -0.3 is 0 Å². The number of hydrogen-bond donors (Lipinski definition) is 0. The van der Waals surface area contributed by atoms with Crippen LogP contribution in [-0.2, 0) is 6.54 Å². The summed E-state index contributed by atoms with van der Waals surface area (Å²) in [5, 5.41) is 8.68. The van der Waals surface area contributed by atoms with Crippen LogP contribution in [-0.4, -0.2) is 29.5 Å². The van der Waals surface area contributed by atoms with Crippen LogP contribution in [0.25, 0.3) is 16.9 Å². The molecule has 3 heterocycles. The molecule has 4 rings (SSSR count). The summed E-state index contributed by atoms with van der Waals surface area (Å²) in [5.41, 5.74) is 2.76. The molecule has 0 bridgehead atoms. The number of benzene rings is 1. The van der Waals surface area contributed by atoms with Crippen molar-refractivity contribution in [3.05, 3.63) is 75.6 Å². The smallest absolute Gasteiger partial charge is 0.283 e. The van der Waals surface area contributed by atoms with Gasteiger partial charge in [0.15, 0.2) is 11.2 Å². The summed E-state index contributed by atoms with van der Waals surface area (Å²) in [4.78, 5) is 21.2. The molecule has 0 aliphatic rings. The van der Waals surface area contributed by atoms with Crippen LogP contribution in [0.4, 0.5) is 0 Å². The van der Waals surface area contributed by atoms with Crippen LogP contribution < -0.4 is 5.56 Å². The quantitative estimate of drug-likeness (QED) is 0.565. The lowest BCUT2D eigenvalue weighted by Crippen LogP contribution is -2.22. The van der Waals surface area contributed by atoms with Crippen LogP contribution in [0.2, 0.25) is 5.02 Å². The van der Waals surface area contributed by atoms with E-state index in [-0.39, 0.29) is 11.1 Å². The molecule has 4 aromatic rings. The predicted octanol–water partition coefficient (Wildman–Crippen LogP) is 2.38. The highest BCUT2D eigenvalue weighted by Crippen LogP contribution is 2.20. The lowest BCUT2D eigenvalue weighted by molar-refractivity contribution is 0.727. The van der Waals surface area contributed by atoms with E-state index in [1.54, 1.807) is 12.3 Å². The van der Waals surface area contributed by atoms with Crippen molar-refractivity contribution < 1.29 is 0 Å². The van der Waals surface area contributed by atoms with Gasteiger partial charge in [0.05, 0.1) is 17.9 Å². The second-order valence-corrected chi connectivity index (χ2v) is 6.01. The number of hydrogen-bond acceptors (Lipinski definition) is 5. The van der Waals surface area contributed by atoms with Crippen molar-refractivity contribution in [1.29, 1.82) is 0 Å². The normalized spacial score (nSPS) is 11.1. The zero-order chi connectivity index (χ0) is 17.4. The zero-order valence-corrected chi connectivity index (χ0v) is 14.1. The Morgan fingerprint density at radius 3 is 2.80 bits per heavy atom. The first-order valence-corrected chi connectivity index (χ1v) is 7.98. The Balaban J connectivity index is 1.79. The molecule has 0 amide bonds. The second kappa shape index (κ2) is 6.10. The van der Waals surface area contributed by atoms with Crippen molar-refractivity contribution in [2.45, 2.75) is 13.5 Å². The van der Waals surface area contributed by atoms with Crippen LogP contribution >= 0.6 is 11.6 Å². The maximum Gasteiger partial charge on any atom is 0.283 e. The molecule has 0 saturated heterocycles. The number of rotatable bonds is 3. The molecule has 0 radical (unpaired) electrons. The summed E-state index contributed by atoms with van der Waals surface area (Å²) in [5.74, 6) is 0. The molecule has 25 heavy (non-hydrogen) atoms. The number of fused-ring (bicyclic) bond motifs is 1. The summed E-state index contributed by atoms with van der Waals surface area (Å²) in [6.07, 6.45) is 3.17. The van der Waals surface area contributed by atoms with Crippen molar-refractivity contribution in [3.8, 4) is 5.69 Å². The molecular weight excluding hydrogens is 340 g/mol. The van der Waals surface area contributed by atoms with Gasteiger partial charge in [0.1, 0.15) is 6.33 Å². The first-order valence-electron chi connectivity index (χ1n) is 7.61. The van der Waals surface area contributed by atoms with Crippen LogP contribution in [0.15, 0.2) is 53.7 Å². The van der Waals surface area contributed by atoms with Gasteiger partial charge in [-0.3, -0.25) is 14.3 Å². The minimum atomic E-state index is -0.264. The van der Waals surface area contributed by atoms with E-state index in [9.17, 15) is 4.79 Å². The lowest BCUT2D eigenvalue weighted by atomic mass is 10.2. The van der Waals surface area contributed by atoms with Gasteiger partial charge in [0.2, 0.25) is 0 Å². The van der Waals surface area contributed by atoms with Gasteiger partial charge in [-0.2, -0.15) is 4.68 Å². The first kappa shape index (κ1) is 15.5. The standard InChI is InChI=1S/C17H13ClN6O/c1-11-5-6-13(8-14(11)18)24-16-15(21-22-24)17(25)23(10-20-16)9-12-4-2-3-7-19-12/h2-8,10H,9H2,1H3. The van der Waals surface area contributed by atoms with Crippen LogP contribution in [0.3, 0.4) is 0 Å². The van der Waals surface area contributed by atoms with Crippen molar-refractivity contribution in [2.75, 3.05) is 0 Å². The second-order valence-electron chi connectivity index (χ2n) is 5.61. The van der Waals surface area contributed by atoms with Gasteiger partial charge in [-0.05, 0) is 36.8 Å². The molecule has 7 nitrogen and oxygen atoms in total. The largest absolute Gasteiger partial charge is 0.291 e. The number of halogens is 1. The molecule has 0 unspecified atom stereocenters. The average molecular weight is 353 g/mol. The lowest BCUT2D eigenvalue weighted by Gasteiger charge is -2.06. The highest BCUT2D eigenvalue weighted by atomic mass is 35.5. The fraction of sp³-hybridized carbons (Fsp3) is 0.118. The fourth-order valence-electron chi connectivity index (χ4n) is 2.51. The van der Waals surface area contributed by atoms with Gasteiger partial charge in [0.25, 0.3) is 5.56 Å². The van der Waals surface area contributed by atoms with E-state index in [1.165, 1.54) is 15.6 Å². The molecule has 0 atom stereocenters. The Morgan fingerprint density at radius 1 is 1.16 bits per heavy atom. The third-order valence-corrected chi connectivity index (χ3v) is 4.30. The third-order valence-electron chi connectivity index (χ3n) is 3.89. The van der Waals surface area contributed by atoms with E-state index in [4.69, 9.17) is 11.6 Å². The van der Waals surface area contributed by atoms with Gasteiger partial charge in [-0.1, -0.05) is 28.9 Å². The van der Waals surface area contributed by atoms with E-state index in [1.807, 2.05) is 37.3 Å². The molecule has 0 N–H and O–H groups in total. The molecule has 124 valence electrons. The Bertz CT molecular complexity index is 1120. The topological polar surface area (TPSA) is 78.5 Å². The van der Waals surface area contributed by atoms with Crippen molar-refractivity contribution in [2.24, 2.45) is 0 Å². The SMILES string of the molecule is Cc1ccc(-n2nnc3c(=O)n(Cc4ccccn4)cnc32)cc1Cl. The Hall–Kier alpha value is -3.06. The highest BCUT2D eigenvalue weighted by molar-refractivity contribution is 6.31. The highest BCUT2D eigenvalue weighted by Gasteiger charge is 2.14. The van der Waals surface area contributed by atoms with Crippen LogP contribution in [0.5, 0.6) is 0 Å². The third kappa shape index (κ3) is 2.78. The Morgan fingerprint density at radius 2 is 2.04 bits per heavy atom. The summed E-state index contributed by atoms with van der Waals surface area (Å²) in [6, 6.07) is 11.1. The molecule has 8 heteroatoms. The molecule has 3 aromatic heterocycles. The molecule has 0 aliphatic carbocycles. The minimum Gasteiger partial charge on any atom is -0.291 e. The van der Waals surface area contributed by atoms with E-state index in [2.05, 4.69) is 20.3 Å². The first-order chi connectivity index (χ1) is 12.1. The van der Waals surface area contributed by atoms with Crippen molar-refractivity contribution >= 4 is 22.8 Å². The average Bonchev–Trinajstić information content (AvgIpc) is 3.05. The maximum absolute atomic E-state index is 12.7. The Kier molecular flexibility index (Phi) is 3.77. The number of aromatic nitrogens is 6. The molecule has 0 saturated carbocycles. The monoisotopic (exact) mass is 352 g/mol. The number of pyridine rings is 1. The molecule has 0 fully saturated rings. The van der Waals surface area contributed by atoms with E-state index < -0.39 is 0 Å². The summed E-state index contributed by atoms with van der Waals surface area (Å²) < 4.78 is 2.97. The predicted molar refractivity (Wildman–Crippen MR) is 94.0 cm³/mol. The molecule has 0 spiro atoms. The van der Waals surface area contributed by atoms with Crippen molar-refractivity contribution in [1.82, 2.24) is 29.5 Å². The minimum absolute atomic E-state index is 0.204.